The van der Waals surface area contributed by atoms with Gasteiger partial charge in [0.2, 0.25) is 29.6 Å². The molecule has 6 heterocycles. The standard InChI is InChI=1S/C52H61N11O10/c1-32-6-4-7-33(2)45(32)57-46-39-29-54-52(58-47(39)60(3)59-46)55-37-11-10-34-14-20-62(30-36(34)28-37)43(65)31-73-27-26-72-25-24-71-23-22-70-21-17-53-48(66)35-15-18-61(19-16-35)40-9-5-8-38-44(40)51(69)63(50(38)68)41-12-13-42(64)56-49(41)67/h4-11,28-29,35,41H,12-27,30-31H2,1-3H3,(H,53,66)(H,57,59)(H,54,55,58)(H,56,64,67). The van der Waals surface area contributed by atoms with Crippen molar-refractivity contribution in [2.24, 2.45) is 13.0 Å². The van der Waals surface area contributed by atoms with E-state index in [1.165, 1.54) is 5.56 Å². The number of anilines is 5. The Morgan fingerprint density at radius 1 is 0.781 bits per heavy atom. The lowest BCUT2D eigenvalue weighted by atomic mass is 9.94. The fourth-order valence-corrected chi connectivity index (χ4v) is 9.74. The number of nitrogens with one attached hydrogen (secondary N) is 4. The minimum atomic E-state index is -1.03. The predicted octanol–water partition coefficient (Wildman–Crippen LogP) is 3.85. The first-order chi connectivity index (χ1) is 35.4. The third-order valence-electron chi connectivity index (χ3n) is 13.7. The minimum absolute atomic E-state index is 0.0397. The van der Waals surface area contributed by atoms with Crippen LogP contribution in [0.1, 0.15) is 68.7 Å². The van der Waals surface area contributed by atoms with E-state index in [0.29, 0.717) is 108 Å². The number of amides is 6. The average molecular weight is 1000 g/mol. The summed E-state index contributed by atoms with van der Waals surface area (Å²) < 4.78 is 24.2. The van der Waals surface area contributed by atoms with Crippen molar-refractivity contribution in [2.75, 3.05) is 94.6 Å². The van der Waals surface area contributed by atoms with Gasteiger partial charge in [-0.05, 0) is 86.1 Å². The monoisotopic (exact) mass is 999 g/mol. The van der Waals surface area contributed by atoms with Crippen LogP contribution in [0.15, 0.2) is 60.8 Å². The van der Waals surface area contributed by atoms with Crippen molar-refractivity contribution < 1.29 is 47.7 Å². The molecule has 2 fully saturated rings. The Kier molecular flexibility index (Phi) is 16.0. The van der Waals surface area contributed by atoms with Crippen LogP contribution in [-0.2, 0) is 58.1 Å². The fraction of sp³-hybridized carbons (Fsp3) is 0.442. The van der Waals surface area contributed by atoms with Crippen molar-refractivity contribution >= 4 is 75.3 Å². The summed E-state index contributed by atoms with van der Waals surface area (Å²) in [5.41, 5.74) is 8.09. The van der Waals surface area contributed by atoms with Crippen LogP contribution in [0.25, 0.3) is 11.0 Å². The summed E-state index contributed by atoms with van der Waals surface area (Å²) in [4.78, 5) is 91.1. The van der Waals surface area contributed by atoms with E-state index < -0.39 is 29.7 Å². The normalized spacial score (nSPS) is 17.0. The molecule has 21 heteroatoms. The van der Waals surface area contributed by atoms with Gasteiger partial charge in [0.05, 0.1) is 68.4 Å². The van der Waals surface area contributed by atoms with Gasteiger partial charge >= 0.3 is 0 Å². The SMILES string of the molecule is Cc1cccc(C)c1Nc1nn(C)c2nc(Nc3ccc4c(c3)CN(C(=O)COCCOCCOCCOCCNC(=O)C3CCN(c5cccc6c5C(=O)N(C5CCC(=O)NC5=O)C6=O)CC3)CC4)ncc12. The van der Waals surface area contributed by atoms with Crippen molar-refractivity contribution in [3.8, 4) is 0 Å². The van der Waals surface area contributed by atoms with Crippen LogP contribution >= 0.6 is 0 Å². The highest BCUT2D eigenvalue weighted by atomic mass is 16.6. The van der Waals surface area contributed by atoms with Gasteiger partial charge < -0.3 is 44.7 Å². The Hall–Kier alpha value is -7.33. The Bertz CT molecular complexity index is 2880. The van der Waals surface area contributed by atoms with Crippen molar-refractivity contribution in [2.45, 2.75) is 58.5 Å². The Balaban J connectivity index is 0.601. The highest BCUT2D eigenvalue weighted by Gasteiger charge is 2.46. The number of rotatable bonds is 21. The molecule has 0 aliphatic carbocycles. The third-order valence-corrected chi connectivity index (χ3v) is 13.7. The number of aromatic nitrogens is 4. The summed E-state index contributed by atoms with van der Waals surface area (Å²) >= 11 is 0. The maximum atomic E-state index is 13.5. The number of carbonyl (C=O) groups excluding carboxylic acids is 6. The molecule has 4 N–H and O–H groups in total. The first-order valence-corrected chi connectivity index (χ1v) is 24.8. The number of hydrogen-bond donors (Lipinski definition) is 4. The highest BCUT2D eigenvalue weighted by molar-refractivity contribution is 6.25. The van der Waals surface area contributed by atoms with Gasteiger partial charge in [-0.25, -0.2) is 9.67 Å². The Labute approximate surface area is 422 Å². The summed E-state index contributed by atoms with van der Waals surface area (Å²) in [6.45, 7) is 8.90. The number of imide groups is 2. The number of para-hydroxylation sites is 1. The number of benzene rings is 3. The largest absolute Gasteiger partial charge is 0.377 e. The van der Waals surface area contributed by atoms with E-state index >= 15 is 0 Å². The molecule has 0 bridgehead atoms. The quantitative estimate of drug-likeness (QED) is 0.0603. The van der Waals surface area contributed by atoms with Gasteiger partial charge in [0.1, 0.15) is 12.6 Å². The maximum Gasteiger partial charge on any atom is 0.264 e. The number of hydrogen-bond acceptors (Lipinski definition) is 16. The average Bonchev–Trinajstić information content (AvgIpc) is 3.84. The van der Waals surface area contributed by atoms with Crippen LogP contribution in [0.5, 0.6) is 0 Å². The number of piperidine rings is 2. The van der Waals surface area contributed by atoms with Gasteiger partial charge in [-0.2, -0.15) is 10.1 Å². The second kappa shape index (κ2) is 23.0. The number of fused-ring (bicyclic) bond motifs is 3. The molecule has 21 nitrogen and oxygen atoms in total. The number of ether oxygens (including phenoxy) is 4. The van der Waals surface area contributed by atoms with E-state index in [2.05, 4.69) is 63.4 Å². The molecule has 0 spiro atoms. The summed E-state index contributed by atoms with van der Waals surface area (Å²) in [5, 5.41) is 17.4. The van der Waals surface area contributed by atoms with E-state index in [1.807, 2.05) is 30.1 Å². The van der Waals surface area contributed by atoms with Crippen molar-refractivity contribution in [3.05, 3.63) is 94.2 Å². The van der Waals surface area contributed by atoms with E-state index in [4.69, 9.17) is 23.9 Å². The fourth-order valence-electron chi connectivity index (χ4n) is 9.74. The van der Waals surface area contributed by atoms with Gasteiger partial charge in [-0.1, -0.05) is 30.3 Å². The summed E-state index contributed by atoms with van der Waals surface area (Å²) in [6.07, 6.45) is 3.77. The van der Waals surface area contributed by atoms with Gasteiger partial charge in [-0.3, -0.25) is 39.0 Å². The summed E-state index contributed by atoms with van der Waals surface area (Å²) in [7, 11) is 1.86. The predicted molar refractivity (Wildman–Crippen MR) is 269 cm³/mol. The van der Waals surface area contributed by atoms with Crippen molar-refractivity contribution in [3.63, 3.8) is 0 Å². The molecule has 1 atom stereocenters. The van der Waals surface area contributed by atoms with Crippen molar-refractivity contribution in [1.82, 2.24) is 40.2 Å². The third kappa shape index (κ3) is 11.6. The molecule has 0 radical (unpaired) electrons. The van der Waals surface area contributed by atoms with Gasteiger partial charge in [-0.15, -0.1) is 0 Å². The molecule has 73 heavy (non-hydrogen) atoms. The molecule has 6 amide bonds. The number of carbonyl (C=O) groups is 6. The van der Waals surface area contributed by atoms with E-state index in [9.17, 15) is 28.8 Å². The zero-order valence-corrected chi connectivity index (χ0v) is 41.4. The molecular weight excluding hydrogens is 939 g/mol. The van der Waals surface area contributed by atoms with Gasteiger partial charge in [0, 0.05) is 69.7 Å². The molecule has 2 saturated heterocycles. The van der Waals surface area contributed by atoms with Crippen LogP contribution in [0.4, 0.5) is 28.8 Å². The highest BCUT2D eigenvalue weighted by Crippen LogP contribution is 2.36. The lowest BCUT2D eigenvalue weighted by Gasteiger charge is -2.34. The van der Waals surface area contributed by atoms with Crippen molar-refractivity contribution in [1.29, 1.82) is 0 Å². The molecule has 1 unspecified atom stereocenters. The van der Waals surface area contributed by atoms with Crippen LogP contribution in [0.2, 0.25) is 0 Å². The molecule has 4 aliphatic rings. The van der Waals surface area contributed by atoms with Gasteiger partial charge in [0.25, 0.3) is 11.8 Å². The van der Waals surface area contributed by atoms with Crippen LogP contribution in [0, 0.1) is 19.8 Å². The molecule has 0 saturated carbocycles. The topological polar surface area (TPSA) is 241 Å². The molecule has 384 valence electrons. The van der Waals surface area contributed by atoms with Gasteiger partial charge in [0.15, 0.2) is 11.5 Å². The Morgan fingerprint density at radius 2 is 1.49 bits per heavy atom. The Morgan fingerprint density at radius 3 is 2.23 bits per heavy atom. The summed E-state index contributed by atoms with van der Waals surface area (Å²) in [6, 6.07) is 16.3. The number of aryl methyl sites for hydroxylation is 3. The van der Waals surface area contributed by atoms with Crippen LogP contribution < -0.4 is 26.2 Å². The smallest absolute Gasteiger partial charge is 0.264 e. The first-order valence-electron chi connectivity index (χ1n) is 24.8. The van der Waals surface area contributed by atoms with Crippen LogP contribution in [0.3, 0.4) is 0 Å². The summed E-state index contributed by atoms with van der Waals surface area (Å²) in [5.74, 6) is -1.40. The number of nitrogens with zero attached hydrogens (tertiary/aromatic N) is 7. The molecule has 5 aromatic rings. The lowest BCUT2D eigenvalue weighted by Crippen LogP contribution is -2.54. The zero-order chi connectivity index (χ0) is 51.0. The molecule has 4 aliphatic heterocycles. The molecular formula is C52H61N11O10. The molecule has 3 aromatic carbocycles. The van der Waals surface area contributed by atoms with E-state index in [0.717, 1.165) is 44.8 Å². The van der Waals surface area contributed by atoms with Crippen LogP contribution in [-0.4, -0.2) is 150 Å². The second-order valence-electron chi connectivity index (χ2n) is 18.6. The molecule has 9 rings (SSSR count). The van der Waals surface area contributed by atoms with E-state index in [-0.39, 0.29) is 54.9 Å². The molecule has 2 aromatic heterocycles. The minimum Gasteiger partial charge on any atom is -0.377 e. The first kappa shape index (κ1) is 50.6. The van der Waals surface area contributed by atoms with E-state index in [1.54, 1.807) is 34.0 Å². The maximum absolute atomic E-state index is 13.5. The zero-order valence-electron chi connectivity index (χ0n) is 41.4. The second-order valence-corrected chi connectivity index (χ2v) is 18.6. The lowest BCUT2D eigenvalue weighted by molar-refractivity contribution is -0.138.